The molecule has 1 rings (SSSR count). The number of aliphatic hydroxyl groups is 1. The van der Waals surface area contributed by atoms with Crippen molar-refractivity contribution in [2.45, 2.75) is 25.8 Å². The quantitative estimate of drug-likeness (QED) is 0.715. The third-order valence-corrected chi connectivity index (χ3v) is 1.80. The van der Waals surface area contributed by atoms with Crippen LogP contribution in [0.25, 0.3) is 0 Å². The molecular formula is C9H15NO2. The van der Waals surface area contributed by atoms with E-state index in [0.717, 1.165) is 24.4 Å². The number of hydrogen-bond donors (Lipinski definition) is 2. The maximum atomic E-state index is 8.58. The zero-order valence-corrected chi connectivity index (χ0v) is 7.29. The van der Waals surface area contributed by atoms with Gasteiger partial charge in [-0.15, -0.1) is 0 Å². The third-order valence-electron chi connectivity index (χ3n) is 1.80. The Bertz CT molecular complexity index is 232. The molecule has 1 heterocycles. The van der Waals surface area contributed by atoms with Crippen molar-refractivity contribution in [1.29, 1.82) is 0 Å². The van der Waals surface area contributed by atoms with Gasteiger partial charge in [0.05, 0.1) is 6.04 Å². The van der Waals surface area contributed by atoms with Gasteiger partial charge in [-0.25, -0.2) is 0 Å². The number of aryl methyl sites for hydroxylation is 1. The van der Waals surface area contributed by atoms with Crippen LogP contribution in [0.15, 0.2) is 16.5 Å². The smallest absolute Gasteiger partial charge is 0.120 e. The topological polar surface area (TPSA) is 59.4 Å². The summed E-state index contributed by atoms with van der Waals surface area (Å²) < 4.78 is 5.34. The van der Waals surface area contributed by atoms with Gasteiger partial charge in [-0.2, -0.15) is 0 Å². The van der Waals surface area contributed by atoms with Gasteiger partial charge in [0.15, 0.2) is 0 Å². The highest BCUT2D eigenvalue weighted by atomic mass is 16.3. The SMILES string of the molecule is Cc1ccc(C(N)CCCO)o1. The largest absolute Gasteiger partial charge is 0.465 e. The highest BCUT2D eigenvalue weighted by Crippen LogP contribution is 2.17. The minimum absolute atomic E-state index is 0.0779. The second-order valence-corrected chi connectivity index (χ2v) is 2.92. The van der Waals surface area contributed by atoms with Crippen molar-refractivity contribution in [3.63, 3.8) is 0 Å². The molecule has 0 spiro atoms. The summed E-state index contributed by atoms with van der Waals surface area (Å²) in [5.41, 5.74) is 5.79. The van der Waals surface area contributed by atoms with Crippen LogP contribution >= 0.6 is 0 Å². The normalized spacial score (nSPS) is 13.2. The lowest BCUT2D eigenvalue weighted by molar-refractivity contribution is 0.276. The van der Waals surface area contributed by atoms with Gasteiger partial charge in [-0.05, 0) is 31.9 Å². The number of hydrogen-bond acceptors (Lipinski definition) is 3. The van der Waals surface area contributed by atoms with Crippen molar-refractivity contribution in [1.82, 2.24) is 0 Å². The molecule has 3 nitrogen and oxygen atoms in total. The Kier molecular flexibility index (Phi) is 3.31. The molecule has 0 bridgehead atoms. The molecule has 0 amide bonds. The molecule has 1 atom stereocenters. The zero-order chi connectivity index (χ0) is 8.97. The summed E-state index contributed by atoms with van der Waals surface area (Å²) >= 11 is 0. The fourth-order valence-electron chi connectivity index (χ4n) is 1.11. The van der Waals surface area contributed by atoms with E-state index in [1.807, 2.05) is 19.1 Å². The average Bonchev–Trinajstić information content (AvgIpc) is 2.47. The number of nitrogens with two attached hydrogens (primary N) is 1. The Morgan fingerprint density at radius 3 is 2.83 bits per heavy atom. The molecule has 0 aliphatic rings. The van der Waals surface area contributed by atoms with Gasteiger partial charge in [0.2, 0.25) is 0 Å². The lowest BCUT2D eigenvalue weighted by Crippen LogP contribution is -2.09. The summed E-state index contributed by atoms with van der Waals surface area (Å²) in [7, 11) is 0. The minimum Gasteiger partial charge on any atom is -0.465 e. The van der Waals surface area contributed by atoms with Crippen molar-refractivity contribution in [3.8, 4) is 0 Å². The standard InChI is InChI=1S/C9H15NO2/c1-7-4-5-9(12-7)8(10)3-2-6-11/h4-5,8,11H,2-3,6,10H2,1H3. The summed E-state index contributed by atoms with van der Waals surface area (Å²) in [6, 6.07) is 3.71. The van der Waals surface area contributed by atoms with E-state index in [4.69, 9.17) is 15.3 Å². The fourth-order valence-corrected chi connectivity index (χ4v) is 1.11. The van der Waals surface area contributed by atoms with Crippen molar-refractivity contribution >= 4 is 0 Å². The lowest BCUT2D eigenvalue weighted by atomic mass is 10.1. The molecule has 0 saturated carbocycles. The zero-order valence-electron chi connectivity index (χ0n) is 7.29. The van der Waals surface area contributed by atoms with E-state index < -0.39 is 0 Å². The van der Waals surface area contributed by atoms with Gasteiger partial charge in [-0.3, -0.25) is 0 Å². The first-order valence-corrected chi connectivity index (χ1v) is 4.17. The van der Waals surface area contributed by atoms with E-state index in [2.05, 4.69) is 0 Å². The van der Waals surface area contributed by atoms with Gasteiger partial charge < -0.3 is 15.3 Å². The van der Waals surface area contributed by atoms with Crippen LogP contribution in [0.5, 0.6) is 0 Å². The molecule has 1 unspecified atom stereocenters. The van der Waals surface area contributed by atoms with Crippen LogP contribution in [-0.4, -0.2) is 11.7 Å². The minimum atomic E-state index is -0.0779. The Morgan fingerprint density at radius 2 is 2.33 bits per heavy atom. The molecule has 3 N–H and O–H groups in total. The average molecular weight is 169 g/mol. The third kappa shape index (κ3) is 2.36. The highest BCUT2D eigenvalue weighted by Gasteiger charge is 2.08. The molecule has 12 heavy (non-hydrogen) atoms. The van der Waals surface area contributed by atoms with Crippen LogP contribution < -0.4 is 5.73 Å². The molecule has 0 fully saturated rings. The Hall–Kier alpha value is -0.800. The van der Waals surface area contributed by atoms with E-state index in [1.54, 1.807) is 0 Å². The lowest BCUT2D eigenvalue weighted by Gasteiger charge is -2.06. The first kappa shape index (κ1) is 9.29. The van der Waals surface area contributed by atoms with Crippen LogP contribution in [0.2, 0.25) is 0 Å². The predicted octanol–water partition coefficient (Wildman–Crippen LogP) is 1.36. The molecule has 1 aromatic heterocycles. The molecule has 0 aromatic carbocycles. The summed E-state index contributed by atoms with van der Waals surface area (Å²) in [4.78, 5) is 0. The summed E-state index contributed by atoms with van der Waals surface area (Å²) in [5.74, 6) is 1.69. The van der Waals surface area contributed by atoms with E-state index >= 15 is 0 Å². The van der Waals surface area contributed by atoms with Gasteiger partial charge in [-0.1, -0.05) is 0 Å². The first-order valence-electron chi connectivity index (χ1n) is 4.17. The van der Waals surface area contributed by atoms with Crippen molar-refractivity contribution in [2.75, 3.05) is 6.61 Å². The Labute approximate surface area is 72.2 Å². The van der Waals surface area contributed by atoms with E-state index in [0.29, 0.717) is 0 Å². The summed E-state index contributed by atoms with van der Waals surface area (Å²) in [5, 5.41) is 8.58. The van der Waals surface area contributed by atoms with E-state index in [1.165, 1.54) is 0 Å². The molecule has 1 aromatic rings. The number of aliphatic hydroxyl groups excluding tert-OH is 1. The molecule has 0 aliphatic heterocycles. The fraction of sp³-hybridized carbons (Fsp3) is 0.556. The van der Waals surface area contributed by atoms with Crippen molar-refractivity contribution in [3.05, 3.63) is 23.7 Å². The molecular weight excluding hydrogens is 154 g/mol. The first-order chi connectivity index (χ1) is 5.74. The van der Waals surface area contributed by atoms with Crippen LogP contribution in [0, 0.1) is 6.92 Å². The monoisotopic (exact) mass is 169 g/mol. The summed E-state index contributed by atoms with van der Waals surface area (Å²) in [6.45, 7) is 2.08. The number of rotatable bonds is 4. The molecule has 0 aliphatic carbocycles. The molecule has 68 valence electrons. The molecule has 0 radical (unpaired) electrons. The Balaban J connectivity index is 2.47. The maximum Gasteiger partial charge on any atom is 0.120 e. The predicted molar refractivity (Wildman–Crippen MR) is 46.7 cm³/mol. The van der Waals surface area contributed by atoms with E-state index in [9.17, 15) is 0 Å². The van der Waals surface area contributed by atoms with E-state index in [-0.39, 0.29) is 12.6 Å². The molecule has 3 heteroatoms. The second kappa shape index (κ2) is 4.28. The van der Waals surface area contributed by atoms with Gasteiger partial charge in [0, 0.05) is 6.61 Å². The van der Waals surface area contributed by atoms with Gasteiger partial charge >= 0.3 is 0 Å². The van der Waals surface area contributed by atoms with Crippen LogP contribution in [-0.2, 0) is 0 Å². The highest BCUT2D eigenvalue weighted by molar-refractivity contribution is 5.08. The van der Waals surface area contributed by atoms with Gasteiger partial charge in [0.1, 0.15) is 11.5 Å². The van der Waals surface area contributed by atoms with Crippen LogP contribution in [0.4, 0.5) is 0 Å². The van der Waals surface area contributed by atoms with Crippen molar-refractivity contribution < 1.29 is 9.52 Å². The van der Waals surface area contributed by atoms with Crippen molar-refractivity contribution in [2.24, 2.45) is 5.73 Å². The van der Waals surface area contributed by atoms with Gasteiger partial charge in [0.25, 0.3) is 0 Å². The molecule has 0 saturated heterocycles. The maximum absolute atomic E-state index is 8.58. The van der Waals surface area contributed by atoms with Crippen LogP contribution in [0.3, 0.4) is 0 Å². The number of furan rings is 1. The Morgan fingerprint density at radius 1 is 1.58 bits per heavy atom. The second-order valence-electron chi connectivity index (χ2n) is 2.92. The van der Waals surface area contributed by atoms with Crippen LogP contribution in [0.1, 0.15) is 30.4 Å². The summed E-state index contributed by atoms with van der Waals surface area (Å²) in [6.07, 6.45) is 1.49.